The zero-order chi connectivity index (χ0) is 15.9. The fourth-order valence-electron chi connectivity index (χ4n) is 1.81. The molecule has 0 saturated heterocycles. The van der Waals surface area contributed by atoms with Crippen LogP contribution < -0.4 is 10.1 Å². The van der Waals surface area contributed by atoms with Crippen molar-refractivity contribution < 1.29 is 9.53 Å². The van der Waals surface area contributed by atoms with Crippen LogP contribution in [0.2, 0.25) is 0 Å². The molecule has 0 aliphatic carbocycles. The van der Waals surface area contributed by atoms with Crippen LogP contribution >= 0.6 is 0 Å². The minimum Gasteiger partial charge on any atom is -0.497 e. The van der Waals surface area contributed by atoms with E-state index in [0.29, 0.717) is 11.6 Å². The second kappa shape index (κ2) is 7.04. The van der Waals surface area contributed by atoms with E-state index in [1.807, 2.05) is 19.1 Å². The number of hydrogen-bond donors (Lipinski definition) is 1. The summed E-state index contributed by atoms with van der Waals surface area (Å²) < 4.78 is 5.06. The standard InChI is InChI=1S/C17H15N3O2/c1-12-4-3-5-16(19-12)20-17(21)14(11-18)10-13-6-8-15(22-2)9-7-13/h3-10H,1-2H3,(H,19,20,21). The summed E-state index contributed by atoms with van der Waals surface area (Å²) in [6.45, 7) is 1.83. The van der Waals surface area contributed by atoms with Gasteiger partial charge >= 0.3 is 0 Å². The first-order valence-corrected chi connectivity index (χ1v) is 6.63. The molecule has 5 heteroatoms. The first kappa shape index (κ1) is 15.3. The van der Waals surface area contributed by atoms with Crippen LogP contribution in [0.1, 0.15) is 11.3 Å². The summed E-state index contributed by atoms with van der Waals surface area (Å²) >= 11 is 0. The van der Waals surface area contributed by atoms with Crippen molar-refractivity contribution in [1.82, 2.24) is 4.98 Å². The Morgan fingerprint density at radius 2 is 2.00 bits per heavy atom. The van der Waals surface area contributed by atoms with Gasteiger partial charge in [-0.3, -0.25) is 4.79 Å². The first-order valence-electron chi connectivity index (χ1n) is 6.63. The van der Waals surface area contributed by atoms with Gasteiger partial charge in [0, 0.05) is 5.69 Å². The molecule has 0 spiro atoms. The molecule has 0 unspecified atom stereocenters. The second-order valence-corrected chi connectivity index (χ2v) is 4.56. The predicted octanol–water partition coefficient (Wildman–Crippen LogP) is 2.94. The zero-order valence-electron chi connectivity index (χ0n) is 12.3. The van der Waals surface area contributed by atoms with Crippen LogP contribution in [-0.2, 0) is 4.79 Å². The zero-order valence-corrected chi connectivity index (χ0v) is 12.3. The Kier molecular flexibility index (Phi) is 4.89. The quantitative estimate of drug-likeness (QED) is 0.694. The number of nitrogens with one attached hydrogen (secondary N) is 1. The van der Waals surface area contributed by atoms with Gasteiger partial charge in [0.25, 0.3) is 5.91 Å². The van der Waals surface area contributed by atoms with Gasteiger partial charge in [-0.25, -0.2) is 4.98 Å². The van der Waals surface area contributed by atoms with Crippen molar-refractivity contribution in [3.8, 4) is 11.8 Å². The van der Waals surface area contributed by atoms with Crippen molar-refractivity contribution in [2.45, 2.75) is 6.92 Å². The van der Waals surface area contributed by atoms with Crippen molar-refractivity contribution in [2.24, 2.45) is 0 Å². The van der Waals surface area contributed by atoms with Crippen LogP contribution in [0.4, 0.5) is 5.82 Å². The summed E-state index contributed by atoms with van der Waals surface area (Å²) in [6, 6.07) is 14.3. The van der Waals surface area contributed by atoms with E-state index in [1.165, 1.54) is 6.08 Å². The normalized spacial score (nSPS) is 10.7. The van der Waals surface area contributed by atoms with Gasteiger partial charge in [-0.05, 0) is 42.8 Å². The molecule has 0 aliphatic rings. The van der Waals surface area contributed by atoms with Crippen molar-refractivity contribution in [1.29, 1.82) is 5.26 Å². The van der Waals surface area contributed by atoms with Gasteiger partial charge in [-0.2, -0.15) is 5.26 Å². The van der Waals surface area contributed by atoms with Gasteiger partial charge in [-0.15, -0.1) is 0 Å². The topological polar surface area (TPSA) is 75.0 Å². The fourth-order valence-corrected chi connectivity index (χ4v) is 1.81. The maximum Gasteiger partial charge on any atom is 0.267 e. The van der Waals surface area contributed by atoms with Gasteiger partial charge in [-0.1, -0.05) is 18.2 Å². The third-order valence-corrected chi connectivity index (χ3v) is 2.92. The lowest BCUT2D eigenvalue weighted by Crippen LogP contribution is -2.14. The van der Waals surface area contributed by atoms with Crippen LogP contribution in [0.15, 0.2) is 48.0 Å². The number of methoxy groups -OCH3 is 1. The molecule has 1 N–H and O–H groups in total. The molecule has 0 radical (unpaired) electrons. The Morgan fingerprint density at radius 3 is 2.59 bits per heavy atom. The third-order valence-electron chi connectivity index (χ3n) is 2.92. The van der Waals surface area contributed by atoms with Crippen LogP contribution in [0.3, 0.4) is 0 Å². The van der Waals surface area contributed by atoms with Crippen molar-refractivity contribution >= 4 is 17.8 Å². The molecule has 2 rings (SSSR count). The van der Waals surface area contributed by atoms with E-state index in [-0.39, 0.29) is 5.57 Å². The van der Waals surface area contributed by atoms with Gasteiger partial charge < -0.3 is 10.1 Å². The Hall–Kier alpha value is -3.13. The molecule has 1 heterocycles. The largest absolute Gasteiger partial charge is 0.497 e. The minimum absolute atomic E-state index is 0.00785. The molecule has 0 saturated carbocycles. The molecule has 0 bridgehead atoms. The van der Waals surface area contributed by atoms with Crippen molar-refractivity contribution in [3.05, 3.63) is 59.3 Å². The fraction of sp³-hybridized carbons (Fsp3) is 0.118. The van der Waals surface area contributed by atoms with Crippen LogP contribution in [0.5, 0.6) is 5.75 Å². The second-order valence-electron chi connectivity index (χ2n) is 4.56. The maximum absolute atomic E-state index is 12.1. The predicted molar refractivity (Wildman–Crippen MR) is 84.2 cm³/mol. The van der Waals surface area contributed by atoms with E-state index in [1.54, 1.807) is 43.5 Å². The molecular weight excluding hydrogens is 278 g/mol. The molecular formula is C17H15N3O2. The Labute approximate surface area is 128 Å². The lowest BCUT2D eigenvalue weighted by atomic mass is 10.1. The number of anilines is 1. The Balaban J connectivity index is 2.17. The number of aromatic nitrogens is 1. The number of carbonyl (C=O) groups excluding carboxylic acids is 1. The highest BCUT2D eigenvalue weighted by Crippen LogP contribution is 2.14. The summed E-state index contributed by atoms with van der Waals surface area (Å²) in [4.78, 5) is 16.3. The van der Waals surface area contributed by atoms with E-state index in [2.05, 4.69) is 10.3 Å². The highest BCUT2D eigenvalue weighted by molar-refractivity contribution is 6.09. The van der Waals surface area contributed by atoms with Crippen LogP contribution in [0, 0.1) is 18.3 Å². The summed E-state index contributed by atoms with van der Waals surface area (Å²) in [5.41, 5.74) is 1.54. The van der Waals surface area contributed by atoms with E-state index < -0.39 is 5.91 Å². The summed E-state index contributed by atoms with van der Waals surface area (Å²) in [5, 5.41) is 11.8. The van der Waals surface area contributed by atoms with Crippen LogP contribution in [-0.4, -0.2) is 18.0 Å². The Bertz CT molecular complexity index is 743. The number of benzene rings is 1. The first-order chi connectivity index (χ1) is 10.6. The van der Waals surface area contributed by atoms with Crippen molar-refractivity contribution in [2.75, 3.05) is 12.4 Å². The maximum atomic E-state index is 12.1. The van der Waals surface area contributed by atoms with E-state index >= 15 is 0 Å². The molecule has 5 nitrogen and oxygen atoms in total. The number of ether oxygens (including phenoxy) is 1. The van der Waals surface area contributed by atoms with Gasteiger partial charge in [0.2, 0.25) is 0 Å². The number of rotatable bonds is 4. The van der Waals surface area contributed by atoms with E-state index in [9.17, 15) is 4.79 Å². The highest BCUT2D eigenvalue weighted by atomic mass is 16.5. The van der Waals surface area contributed by atoms with Crippen molar-refractivity contribution in [3.63, 3.8) is 0 Å². The summed E-state index contributed by atoms with van der Waals surface area (Å²) in [6.07, 6.45) is 1.52. The van der Waals surface area contributed by atoms with E-state index in [0.717, 1.165) is 11.3 Å². The number of carbonyl (C=O) groups is 1. The molecule has 1 amide bonds. The lowest BCUT2D eigenvalue weighted by Gasteiger charge is -2.04. The number of amides is 1. The number of hydrogen-bond acceptors (Lipinski definition) is 4. The van der Waals surface area contributed by atoms with E-state index in [4.69, 9.17) is 10.00 Å². The van der Waals surface area contributed by atoms with Gasteiger partial charge in [0.05, 0.1) is 7.11 Å². The third kappa shape index (κ3) is 3.93. The van der Waals surface area contributed by atoms with Gasteiger partial charge in [0.1, 0.15) is 23.2 Å². The summed E-state index contributed by atoms with van der Waals surface area (Å²) in [5.74, 6) is 0.640. The molecule has 0 fully saturated rings. The Morgan fingerprint density at radius 1 is 1.27 bits per heavy atom. The van der Waals surface area contributed by atoms with Gasteiger partial charge in [0.15, 0.2) is 0 Å². The minimum atomic E-state index is -0.489. The molecule has 0 aliphatic heterocycles. The monoisotopic (exact) mass is 293 g/mol. The molecule has 2 aromatic rings. The molecule has 1 aromatic carbocycles. The molecule has 1 aromatic heterocycles. The molecule has 0 atom stereocenters. The molecule has 22 heavy (non-hydrogen) atoms. The lowest BCUT2D eigenvalue weighted by molar-refractivity contribution is -0.112. The number of nitriles is 1. The van der Waals surface area contributed by atoms with Crippen LogP contribution in [0.25, 0.3) is 6.08 Å². The number of aryl methyl sites for hydroxylation is 1. The smallest absolute Gasteiger partial charge is 0.267 e. The number of nitrogens with zero attached hydrogens (tertiary/aromatic N) is 2. The number of pyridine rings is 1. The SMILES string of the molecule is COc1ccc(C=C(C#N)C(=O)Nc2cccc(C)n2)cc1. The molecule has 110 valence electrons. The summed E-state index contributed by atoms with van der Waals surface area (Å²) in [7, 11) is 1.58. The average molecular weight is 293 g/mol. The average Bonchev–Trinajstić information content (AvgIpc) is 2.53. The highest BCUT2D eigenvalue weighted by Gasteiger charge is 2.10.